The van der Waals surface area contributed by atoms with Crippen molar-refractivity contribution in [3.05, 3.63) is 0 Å². The molecule has 0 aliphatic heterocycles. The van der Waals surface area contributed by atoms with E-state index in [1.165, 1.54) is 0 Å². The second-order valence-electron chi connectivity index (χ2n) is 0.811. The van der Waals surface area contributed by atoms with Crippen molar-refractivity contribution >= 4 is 17.4 Å². The van der Waals surface area contributed by atoms with Crippen molar-refractivity contribution in [1.82, 2.24) is 5.32 Å². The van der Waals surface area contributed by atoms with Gasteiger partial charge in [0.05, 0.1) is 0 Å². The van der Waals surface area contributed by atoms with E-state index >= 15 is 0 Å². The summed E-state index contributed by atoms with van der Waals surface area (Å²) < 4.78 is 4.37. The summed E-state index contributed by atoms with van der Waals surface area (Å²) in [5, 5.41) is 10.7. The van der Waals surface area contributed by atoms with E-state index in [-0.39, 0.29) is 12.0 Å². The first kappa shape index (κ1) is 6.65. The number of aliphatic hydroxyl groups is 1. The van der Waals surface area contributed by atoms with Crippen molar-refractivity contribution in [1.29, 1.82) is 0 Å². The van der Waals surface area contributed by atoms with Crippen LogP contribution in [0, 0.1) is 0 Å². The smallest absolute Gasteiger partial charge is 0.258 e. The molecule has 0 saturated heterocycles. The molecular weight excluding hydrogens is 114 g/mol. The van der Waals surface area contributed by atoms with E-state index in [1.807, 2.05) is 0 Å². The van der Waals surface area contributed by atoms with Gasteiger partial charge in [0, 0.05) is 7.05 Å². The SMILES string of the molecule is CNC(=S)OCO. The molecule has 0 fully saturated rings. The Bertz CT molecular complexity index is 66.0. The first-order chi connectivity index (χ1) is 3.31. The molecule has 7 heavy (non-hydrogen) atoms. The Morgan fingerprint density at radius 2 is 2.57 bits per heavy atom. The third-order valence-corrected chi connectivity index (χ3v) is 0.722. The summed E-state index contributed by atoms with van der Waals surface area (Å²) in [5.74, 6) is 0. The summed E-state index contributed by atoms with van der Waals surface area (Å²) in [4.78, 5) is 0. The third kappa shape index (κ3) is 3.48. The molecule has 0 atom stereocenters. The Morgan fingerprint density at radius 3 is 2.71 bits per heavy atom. The van der Waals surface area contributed by atoms with Crippen molar-refractivity contribution in [2.24, 2.45) is 0 Å². The monoisotopic (exact) mass is 121 g/mol. The standard InChI is InChI=1S/C3H7NO2S/c1-4-3(7)6-2-5/h5H,2H2,1H3,(H,4,7). The molecule has 0 rings (SSSR count). The van der Waals surface area contributed by atoms with Gasteiger partial charge < -0.3 is 15.2 Å². The van der Waals surface area contributed by atoms with Gasteiger partial charge >= 0.3 is 0 Å². The van der Waals surface area contributed by atoms with Crippen LogP contribution in [0.5, 0.6) is 0 Å². The van der Waals surface area contributed by atoms with E-state index < -0.39 is 0 Å². The highest BCUT2D eigenvalue weighted by molar-refractivity contribution is 7.80. The Labute approximate surface area is 47.3 Å². The van der Waals surface area contributed by atoms with E-state index in [9.17, 15) is 0 Å². The number of rotatable bonds is 1. The fraction of sp³-hybridized carbons (Fsp3) is 0.667. The highest BCUT2D eigenvalue weighted by Crippen LogP contribution is 1.70. The van der Waals surface area contributed by atoms with Crippen LogP contribution in [0.25, 0.3) is 0 Å². The zero-order chi connectivity index (χ0) is 5.70. The molecule has 0 spiro atoms. The topological polar surface area (TPSA) is 41.5 Å². The minimum absolute atomic E-state index is 0.211. The summed E-state index contributed by atoms with van der Waals surface area (Å²) in [6.07, 6.45) is 0. The van der Waals surface area contributed by atoms with Crippen molar-refractivity contribution in [3.63, 3.8) is 0 Å². The Morgan fingerprint density at radius 1 is 2.00 bits per heavy atom. The largest absolute Gasteiger partial charge is 0.444 e. The van der Waals surface area contributed by atoms with Crippen LogP contribution >= 0.6 is 12.2 Å². The third-order valence-electron chi connectivity index (χ3n) is 0.400. The zero-order valence-electron chi connectivity index (χ0n) is 3.97. The van der Waals surface area contributed by atoms with E-state index in [0.29, 0.717) is 0 Å². The molecule has 0 aliphatic rings. The Balaban J connectivity index is 3.00. The average Bonchev–Trinajstić information content (AvgIpc) is 1.68. The van der Waals surface area contributed by atoms with Crippen LogP contribution in [0.1, 0.15) is 0 Å². The van der Waals surface area contributed by atoms with Gasteiger partial charge in [-0.2, -0.15) is 0 Å². The molecule has 0 aromatic rings. The lowest BCUT2D eigenvalue weighted by atomic mass is 11.1. The number of hydrogen-bond donors (Lipinski definition) is 2. The molecule has 0 aromatic carbocycles. The predicted molar refractivity (Wildman–Crippen MR) is 29.8 cm³/mol. The fourth-order valence-electron chi connectivity index (χ4n) is 0.131. The zero-order valence-corrected chi connectivity index (χ0v) is 4.79. The number of ether oxygens (including phenoxy) is 1. The van der Waals surface area contributed by atoms with E-state index in [0.717, 1.165) is 0 Å². The summed E-state index contributed by atoms with van der Waals surface area (Å²) in [6, 6.07) is 0. The van der Waals surface area contributed by atoms with Crippen LogP contribution in [0.2, 0.25) is 0 Å². The molecule has 0 bridgehead atoms. The molecule has 3 nitrogen and oxygen atoms in total. The van der Waals surface area contributed by atoms with Gasteiger partial charge in [0.25, 0.3) is 5.17 Å². The number of hydrogen-bond acceptors (Lipinski definition) is 3. The molecule has 0 heterocycles. The lowest BCUT2D eigenvalue weighted by Crippen LogP contribution is -2.18. The predicted octanol–water partition coefficient (Wildman–Crippen LogP) is -0.543. The summed E-state index contributed by atoms with van der Waals surface area (Å²) in [5.41, 5.74) is 0. The number of aliphatic hydroxyl groups excluding tert-OH is 1. The van der Waals surface area contributed by atoms with Gasteiger partial charge in [0.2, 0.25) is 0 Å². The van der Waals surface area contributed by atoms with Crippen molar-refractivity contribution < 1.29 is 9.84 Å². The molecule has 0 unspecified atom stereocenters. The maximum atomic E-state index is 8.02. The lowest BCUT2D eigenvalue weighted by Gasteiger charge is -1.99. The maximum absolute atomic E-state index is 8.02. The minimum Gasteiger partial charge on any atom is -0.444 e. The minimum atomic E-state index is -0.361. The second kappa shape index (κ2) is 3.83. The first-order valence-electron chi connectivity index (χ1n) is 1.76. The van der Waals surface area contributed by atoms with Crippen LogP contribution in [-0.2, 0) is 4.74 Å². The van der Waals surface area contributed by atoms with E-state index in [1.54, 1.807) is 7.05 Å². The van der Waals surface area contributed by atoms with E-state index in [2.05, 4.69) is 22.3 Å². The highest BCUT2D eigenvalue weighted by Gasteiger charge is 1.84. The van der Waals surface area contributed by atoms with Gasteiger partial charge in [-0.05, 0) is 12.2 Å². The summed E-state index contributed by atoms with van der Waals surface area (Å²) >= 11 is 4.46. The van der Waals surface area contributed by atoms with Gasteiger partial charge in [-0.3, -0.25) is 0 Å². The molecule has 4 heteroatoms. The first-order valence-corrected chi connectivity index (χ1v) is 2.17. The Kier molecular flexibility index (Phi) is 3.64. The van der Waals surface area contributed by atoms with Gasteiger partial charge in [-0.15, -0.1) is 0 Å². The summed E-state index contributed by atoms with van der Waals surface area (Å²) in [6.45, 7) is -0.361. The maximum Gasteiger partial charge on any atom is 0.258 e. The van der Waals surface area contributed by atoms with Crippen molar-refractivity contribution in [3.8, 4) is 0 Å². The van der Waals surface area contributed by atoms with Crippen LogP contribution in [0.4, 0.5) is 0 Å². The van der Waals surface area contributed by atoms with Crippen LogP contribution in [0.15, 0.2) is 0 Å². The van der Waals surface area contributed by atoms with Gasteiger partial charge in [0.1, 0.15) is 0 Å². The fourth-order valence-corrected chi connectivity index (χ4v) is 0.184. The molecule has 0 saturated carbocycles. The second-order valence-corrected chi connectivity index (χ2v) is 1.18. The van der Waals surface area contributed by atoms with Gasteiger partial charge in [0.15, 0.2) is 6.79 Å². The molecule has 42 valence electrons. The van der Waals surface area contributed by atoms with Gasteiger partial charge in [-0.1, -0.05) is 0 Å². The normalized spacial score (nSPS) is 7.71. The molecule has 0 amide bonds. The van der Waals surface area contributed by atoms with Crippen LogP contribution in [0.3, 0.4) is 0 Å². The Hall–Kier alpha value is -0.350. The van der Waals surface area contributed by atoms with Crippen LogP contribution < -0.4 is 5.32 Å². The molecule has 0 aromatic heterocycles. The number of thiocarbonyl (C=S) groups is 1. The molecule has 0 radical (unpaired) electrons. The van der Waals surface area contributed by atoms with Crippen molar-refractivity contribution in [2.45, 2.75) is 0 Å². The highest BCUT2D eigenvalue weighted by atomic mass is 32.1. The average molecular weight is 121 g/mol. The lowest BCUT2D eigenvalue weighted by molar-refractivity contribution is 0.0877. The summed E-state index contributed by atoms with van der Waals surface area (Å²) in [7, 11) is 1.62. The molecule has 0 aliphatic carbocycles. The van der Waals surface area contributed by atoms with Crippen molar-refractivity contribution in [2.75, 3.05) is 13.8 Å². The quantitative estimate of drug-likeness (QED) is 0.361. The number of nitrogens with one attached hydrogen (secondary N) is 1. The van der Waals surface area contributed by atoms with Crippen LogP contribution in [-0.4, -0.2) is 24.1 Å². The molecular formula is C3H7NO2S. The molecule has 2 N–H and O–H groups in total. The van der Waals surface area contributed by atoms with E-state index in [4.69, 9.17) is 5.11 Å². The van der Waals surface area contributed by atoms with Gasteiger partial charge in [-0.25, -0.2) is 0 Å².